The van der Waals surface area contributed by atoms with Gasteiger partial charge in [0, 0.05) is 19.5 Å². The van der Waals surface area contributed by atoms with Crippen molar-refractivity contribution in [2.24, 2.45) is 5.92 Å². The number of aliphatic carboxylic acids is 1. The molecule has 0 bridgehead atoms. The van der Waals surface area contributed by atoms with E-state index in [4.69, 9.17) is 16.0 Å². The molecule has 4 aromatic rings. The smallest absolute Gasteiger partial charge is 0.332 e. The van der Waals surface area contributed by atoms with E-state index in [1.54, 1.807) is 12.3 Å². The maximum Gasteiger partial charge on any atom is 0.332 e. The van der Waals surface area contributed by atoms with Gasteiger partial charge in [0.2, 0.25) is 5.89 Å². The molecular formula is C19H17ClN4O5S2. The van der Waals surface area contributed by atoms with E-state index >= 15 is 0 Å². The zero-order valence-electron chi connectivity index (χ0n) is 16.3. The average Bonchev–Trinajstić information content (AvgIpc) is 3.47. The molecule has 162 valence electrons. The van der Waals surface area contributed by atoms with E-state index in [9.17, 15) is 19.5 Å². The molecule has 0 fully saturated rings. The highest BCUT2D eigenvalue weighted by Gasteiger charge is 2.21. The predicted octanol–water partition coefficient (Wildman–Crippen LogP) is 3.34. The lowest BCUT2D eigenvalue weighted by atomic mass is 10.2. The van der Waals surface area contributed by atoms with E-state index in [-0.39, 0.29) is 6.54 Å². The van der Waals surface area contributed by atoms with Crippen molar-refractivity contribution in [3.05, 3.63) is 54.9 Å². The summed E-state index contributed by atoms with van der Waals surface area (Å²) < 4.78 is 8.43. The number of nitrogens with zero attached hydrogens (tertiary/aromatic N) is 4. The normalized spacial score (nSPS) is 12.5. The predicted molar refractivity (Wildman–Crippen MR) is 118 cm³/mol. The van der Waals surface area contributed by atoms with Crippen molar-refractivity contribution < 1.29 is 14.3 Å². The van der Waals surface area contributed by atoms with Gasteiger partial charge in [0.05, 0.1) is 33.6 Å². The number of carboxylic acids is 1. The van der Waals surface area contributed by atoms with E-state index in [0.717, 1.165) is 9.57 Å². The fourth-order valence-corrected chi connectivity index (χ4v) is 5.26. The van der Waals surface area contributed by atoms with Crippen molar-refractivity contribution in [2.75, 3.05) is 0 Å². The molecule has 0 aliphatic heterocycles. The van der Waals surface area contributed by atoms with Crippen LogP contribution in [0.2, 0.25) is 4.34 Å². The van der Waals surface area contributed by atoms with Crippen molar-refractivity contribution in [3.63, 3.8) is 0 Å². The van der Waals surface area contributed by atoms with Crippen molar-refractivity contribution in [1.82, 2.24) is 19.1 Å². The number of hydrogen-bond donors (Lipinski definition) is 1. The minimum absolute atomic E-state index is 0.213. The molecule has 0 aromatic carbocycles. The molecule has 1 atom stereocenters. The molecule has 0 amide bonds. The first-order valence-corrected chi connectivity index (χ1v) is 11.4. The van der Waals surface area contributed by atoms with Crippen LogP contribution in [0, 0.1) is 5.92 Å². The van der Waals surface area contributed by atoms with Crippen LogP contribution in [-0.2, 0) is 24.3 Å². The molecule has 4 rings (SSSR count). The average molecular weight is 481 g/mol. The lowest BCUT2D eigenvalue weighted by molar-refractivity contribution is -0.141. The van der Waals surface area contributed by atoms with Crippen LogP contribution in [-0.4, -0.2) is 30.2 Å². The van der Waals surface area contributed by atoms with Crippen molar-refractivity contribution in [1.29, 1.82) is 0 Å². The largest absolute Gasteiger partial charge is 0.481 e. The minimum Gasteiger partial charge on any atom is -0.481 e. The lowest BCUT2D eigenvalue weighted by Crippen LogP contribution is -2.41. The van der Waals surface area contributed by atoms with Crippen LogP contribution < -0.4 is 11.2 Å². The first kappa shape index (κ1) is 21.5. The molecule has 4 aromatic heterocycles. The quantitative estimate of drug-likeness (QED) is 0.410. The summed E-state index contributed by atoms with van der Waals surface area (Å²) in [5.41, 5.74) is -1.06. The molecule has 0 radical (unpaired) electrons. The van der Waals surface area contributed by atoms with E-state index in [0.29, 0.717) is 44.7 Å². The number of halogens is 1. The van der Waals surface area contributed by atoms with Crippen LogP contribution in [0.3, 0.4) is 0 Å². The summed E-state index contributed by atoms with van der Waals surface area (Å²) in [5, 5.41) is 10.4. The Morgan fingerprint density at radius 1 is 1.29 bits per heavy atom. The van der Waals surface area contributed by atoms with Crippen LogP contribution in [0.25, 0.3) is 21.0 Å². The van der Waals surface area contributed by atoms with E-state index in [1.165, 1.54) is 46.6 Å². The van der Waals surface area contributed by atoms with Gasteiger partial charge in [-0.2, -0.15) is 0 Å². The van der Waals surface area contributed by atoms with E-state index in [1.807, 2.05) is 0 Å². The van der Waals surface area contributed by atoms with Crippen LogP contribution in [0.15, 0.2) is 38.7 Å². The Kier molecular flexibility index (Phi) is 6.08. The Morgan fingerprint density at radius 3 is 2.74 bits per heavy atom. The highest BCUT2D eigenvalue weighted by Crippen LogP contribution is 2.30. The Bertz CT molecular complexity index is 1350. The first-order valence-electron chi connectivity index (χ1n) is 9.35. The molecule has 1 unspecified atom stereocenters. The standard InChI is InChI=1S/C19H17ClN4O5S2/c1-10(18(26)27)9-24-16(25)11-7-12(15-21-4-6-29-15)30-17(11)23(19(24)28)5-2-3-14-22-8-13(20)31-14/h4,6-8,10H,2-3,5,9H2,1H3,(H,26,27). The minimum atomic E-state index is -1.08. The summed E-state index contributed by atoms with van der Waals surface area (Å²) in [6, 6.07) is 1.63. The molecule has 31 heavy (non-hydrogen) atoms. The highest BCUT2D eigenvalue weighted by atomic mass is 35.5. The van der Waals surface area contributed by atoms with Gasteiger partial charge < -0.3 is 9.52 Å². The molecule has 0 aliphatic carbocycles. The number of aromatic nitrogens is 4. The molecule has 0 saturated carbocycles. The number of aryl methyl sites for hydroxylation is 2. The molecule has 4 heterocycles. The summed E-state index contributed by atoms with van der Waals surface area (Å²) in [6.45, 7) is 1.58. The molecule has 0 aliphatic rings. The molecule has 0 spiro atoms. The van der Waals surface area contributed by atoms with Gasteiger partial charge in [-0.3, -0.25) is 18.7 Å². The van der Waals surface area contributed by atoms with Gasteiger partial charge in [-0.05, 0) is 12.5 Å². The summed E-state index contributed by atoms with van der Waals surface area (Å²) in [5.74, 6) is -1.62. The van der Waals surface area contributed by atoms with E-state index < -0.39 is 23.1 Å². The van der Waals surface area contributed by atoms with Crippen molar-refractivity contribution >= 4 is 50.5 Å². The monoisotopic (exact) mass is 480 g/mol. The van der Waals surface area contributed by atoms with Crippen LogP contribution >= 0.6 is 34.3 Å². The van der Waals surface area contributed by atoms with Gasteiger partial charge in [0.15, 0.2) is 0 Å². The zero-order chi connectivity index (χ0) is 22.1. The Morgan fingerprint density at radius 2 is 2.10 bits per heavy atom. The highest BCUT2D eigenvalue weighted by molar-refractivity contribution is 7.21. The second kappa shape index (κ2) is 8.77. The van der Waals surface area contributed by atoms with Gasteiger partial charge in [0.1, 0.15) is 15.4 Å². The van der Waals surface area contributed by atoms with Crippen LogP contribution in [0.5, 0.6) is 0 Å². The summed E-state index contributed by atoms with van der Waals surface area (Å²) >= 11 is 8.54. The third kappa shape index (κ3) is 4.34. The number of carboxylic acid groups (broad SMARTS) is 1. The van der Waals surface area contributed by atoms with Gasteiger partial charge in [0.25, 0.3) is 5.56 Å². The van der Waals surface area contributed by atoms with Gasteiger partial charge >= 0.3 is 11.7 Å². The SMILES string of the molecule is CC(Cn1c(=O)c2cc(-c3ncco3)sc2n(CCCc2ncc(Cl)s2)c1=O)C(=O)O. The van der Waals surface area contributed by atoms with Crippen LogP contribution in [0.1, 0.15) is 18.4 Å². The maximum absolute atomic E-state index is 13.2. The third-order valence-corrected chi connectivity index (χ3v) is 7.03. The molecule has 9 nitrogen and oxygen atoms in total. The summed E-state index contributed by atoms with van der Waals surface area (Å²) in [4.78, 5) is 47.0. The third-order valence-electron chi connectivity index (χ3n) is 4.71. The topological polar surface area (TPSA) is 120 Å². The van der Waals surface area contributed by atoms with Crippen molar-refractivity contribution in [3.8, 4) is 10.8 Å². The lowest BCUT2D eigenvalue weighted by Gasteiger charge is -2.13. The second-order valence-corrected chi connectivity index (χ2v) is 9.69. The summed E-state index contributed by atoms with van der Waals surface area (Å²) in [7, 11) is 0. The molecule has 0 saturated heterocycles. The molecule has 1 N–H and O–H groups in total. The second-order valence-electron chi connectivity index (χ2n) is 6.92. The zero-order valence-corrected chi connectivity index (χ0v) is 18.7. The molecular weight excluding hydrogens is 464 g/mol. The number of hydrogen-bond acceptors (Lipinski definition) is 8. The Balaban J connectivity index is 1.77. The van der Waals surface area contributed by atoms with Crippen molar-refractivity contribution in [2.45, 2.75) is 32.9 Å². The Labute approximate surface area is 188 Å². The number of oxazole rings is 1. The number of thiophene rings is 1. The number of carbonyl (C=O) groups is 1. The summed E-state index contributed by atoms with van der Waals surface area (Å²) in [6.07, 6.45) is 5.73. The molecule has 12 heteroatoms. The van der Waals surface area contributed by atoms with E-state index in [2.05, 4.69) is 9.97 Å². The van der Waals surface area contributed by atoms with Gasteiger partial charge in [-0.1, -0.05) is 18.5 Å². The number of fused-ring (bicyclic) bond motifs is 1. The van der Waals surface area contributed by atoms with Gasteiger partial charge in [-0.15, -0.1) is 22.7 Å². The fraction of sp³-hybridized carbons (Fsp3) is 0.316. The number of thiazole rings is 1. The van der Waals surface area contributed by atoms with Gasteiger partial charge in [-0.25, -0.2) is 14.8 Å². The first-order chi connectivity index (χ1) is 14.8. The maximum atomic E-state index is 13.2. The Hall–Kier alpha value is -2.76. The number of rotatable bonds is 8. The fourth-order valence-electron chi connectivity index (χ4n) is 3.15. The van der Waals surface area contributed by atoms with Crippen LogP contribution in [0.4, 0.5) is 0 Å².